The molecule has 0 aliphatic carbocycles. The summed E-state index contributed by atoms with van der Waals surface area (Å²) in [5, 5.41) is 0. The van der Waals surface area contributed by atoms with Crippen LogP contribution in [0.15, 0.2) is 97.5 Å². The van der Waals surface area contributed by atoms with Crippen molar-refractivity contribution in [2.45, 2.75) is 13.0 Å². The van der Waals surface area contributed by atoms with Crippen LogP contribution in [0, 0.1) is 0 Å². The van der Waals surface area contributed by atoms with Crippen molar-refractivity contribution < 1.29 is 13.2 Å². The third-order valence-corrected chi connectivity index (χ3v) is 8.10. The zero-order valence-corrected chi connectivity index (χ0v) is 24.7. The molecular weight excluding hydrogens is 560 g/mol. The average Bonchev–Trinajstić information content (AvgIpc) is 3.01. The van der Waals surface area contributed by atoms with Gasteiger partial charge in [-0.25, -0.2) is 13.4 Å². The third-order valence-electron chi connectivity index (χ3n) is 7.49. The van der Waals surface area contributed by atoms with Crippen LogP contribution in [0.25, 0.3) is 22.2 Å². The molecule has 0 bridgehead atoms. The zero-order valence-electron chi connectivity index (χ0n) is 23.8. The molecule has 0 unspecified atom stereocenters. The number of aromatic nitrogens is 3. The van der Waals surface area contributed by atoms with Crippen molar-refractivity contribution in [3.63, 3.8) is 0 Å². The number of nitrogens with zero attached hydrogens (tertiary/aromatic N) is 5. The number of fused-ring (bicyclic) bond motifs is 1. The first-order valence-electron chi connectivity index (χ1n) is 14.1. The quantitative estimate of drug-likeness (QED) is 0.243. The first-order valence-corrected chi connectivity index (χ1v) is 16.0. The lowest BCUT2D eigenvalue weighted by Crippen LogP contribution is -2.46. The van der Waals surface area contributed by atoms with Gasteiger partial charge < -0.3 is 4.90 Å². The zero-order chi connectivity index (χ0) is 29.8. The minimum atomic E-state index is -3.42. The molecule has 1 aliphatic heterocycles. The van der Waals surface area contributed by atoms with E-state index in [9.17, 15) is 13.2 Å². The van der Waals surface area contributed by atoms with Crippen molar-refractivity contribution in [2.24, 2.45) is 0 Å². The molecule has 6 rings (SSSR count). The molecule has 5 aromatic rings. The monoisotopic (exact) mass is 592 g/mol. The second-order valence-corrected chi connectivity index (χ2v) is 12.6. The molecule has 3 aromatic carbocycles. The van der Waals surface area contributed by atoms with Crippen LogP contribution in [0.5, 0.6) is 0 Å². The number of pyridine rings is 1. The van der Waals surface area contributed by atoms with E-state index in [0.717, 1.165) is 72.5 Å². The highest BCUT2D eigenvalue weighted by Gasteiger charge is 2.19. The van der Waals surface area contributed by atoms with E-state index >= 15 is 0 Å². The maximum absolute atomic E-state index is 12.9. The Balaban J connectivity index is 1.11. The van der Waals surface area contributed by atoms with Crippen molar-refractivity contribution in [3.05, 3.63) is 114 Å². The van der Waals surface area contributed by atoms with Crippen LogP contribution in [0.4, 0.5) is 11.5 Å². The standard InChI is InChI=1S/C33H32N6O3S/c1-43(41,42)37-29-6-2-5-28(19-29)32(40)18-24-7-9-26(10-8-24)27-11-12-30-31(20-27)36-33(22-35-30)39-16-14-38(15-17-39)23-25-4-3-13-34-21-25/h2-13,19-22,37H,14-18,23H2,1H3. The molecule has 0 radical (unpaired) electrons. The number of hydrogen-bond acceptors (Lipinski definition) is 8. The van der Waals surface area contributed by atoms with Gasteiger partial charge in [-0.2, -0.15) is 0 Å². The van der Waals surface area contributed by atoms with E-state index in [4.69, 9.17) is 4.98 Å². The highest BCUT2D eigenvalue weighted by molar-refractivity contribution is 7.92. The van der Waals surface area contributed by atoms with Crippen LogP contribution in [0.2, 0.25) is 0 Å². The first kappa shape index (κ1) is 28.4. The molecule has 0 atom stereocenters. The normalized spacial score (nSPS) is 14.1. The van der Waals surface area contributed by atoms with Gasteiger partial charge in [0.05, 0.1) is 23.5 Å². The number of carbonyl (C=O) groups is 1. The number of anilines is 2. The van der Waals surface area contributed by atoms with Crippen molar-refractivity contribution in [3.8, 4) is 11.1 Å². The van der Waals surface area contributed by atoms with Gasteiger partial charge in [-0.3, -0.25) is 24.4 Å². The van der Waals surface area contributed by atoms with Gasteiger partial charge >= 0.3 is 0 Å². The maximum atomic E-state index is 12.9. The lowest BCUT2D eigenvalue weighted by atomic mass is 9.99. The Kier molecular flexibility index (Phi) is 8.13. The lowest BCUT2D eigenvalue weighted by Gasteiger charge is -2.35. The van der Waals surface area contributed by atoms with Gasteiger partial charge in [-0.15, -0.1) is 0 Å². The van der Waals surface area contributed by atoms with E-state index in [2.05, 4.69) is 36.6 Å². The predicted octanol–water partition coefficient (Wildman–Crippen LogP) is 4.81. The minimum absolute atomic E-state index is 0.0867. The van der Waals surface area contributed by atoms with Crippen molar-refractivity contribution >= 4 is 38.3 Å². The summed E-state index contributed by atoms with van der Waals surface area (Å²) in [6.07, 6.45) is 6.88. The van der Waals surface area contributed by atoms with E-state index in [0.29, 0.717) is 11.3 Å². The Morgan fingerprint density at radius 1 is 0.837 bits per heavy atom. The van der Waals surface area contributed by atoms with Gasteiger partial charge in [0.2, 0.25) is 10.0 Å². The van der Waals surface area contributed by atoms with Crippen molar-refractivity contribution in [2.75, 3.05) is 42.1 Å². The number of carbonyl (C=O) groups excluding carboxylic acids is 1. The summed E-state index contributed by atoms with van der Waals surface area (Å²) in [5.74, 6) is 0.798. The van der Waals surface area contributed by atoms with Crippen LogP contribution in [-0.2, 0) is 23.0 Å². The Bertz CT molecular complexity index is 1860. The number of sulfonamides is 1. The predicted molar refractivity (Wildman–Crippen MR) is 170 cm³/mol. The number of rotatable bonds is 9. The number of ketones is 1. The molecule has 0 amide bonds. The third kappa shape index (κ3) is 7.22. The molecule has 1 aliphatic rings. The van der Waals surface area contributed by atoms with Crippen molar-refractivity contribution in [1.82, 2.24) is 19.9 Å². The van der Waals surface area contributed by atoms with E-state index in [1.165, 1.54) is 5.56 Å². The summed E-state index contributed by atoms with van der Waals surface area (Å²) in [7, 11) is -3.42. The summed E-state index contributed by atoms with van der Waals surface area (Å²) in [6.45, 7) is 4.58. The molecular formula is C33H32N6O3S. The number of piperazine rings is 1. The Hall–Kier alpha value is -4.67. The molecule has 10 heteroatoms. The molecule has 0 saturated carbocycles. The highest BCUT2D eigenvalue weighted by atomic mass is 32.2. The van der Waals surface area contributed by atoms with Crippen LogP contribution < -0.4 is 9.62 Å². The maximum Gasteiger partial charge on any atom is 0.229 e. The number of hydrogen-bond donors (Lipinski definition) is 1. The van der Waals surface area contributed by atoms with E-state index in [1.807, 2.05) is 54.9 Å². The molecule has 3 heterocycles. The topological polar surface area (TPSA) is 108 Å². The molecule has 2 aromatic heterocycles. The molecule has 1 saturated heterocycles. The fourth-order valence-electron chi connectivity index (χ4n) is 5.29. The fourth-order valence-corrected chi connectivity index (χ4v) is 5.85. The fraction of sp³-hybridized carbons (Fsp3) is 0.212. The summed E-state index contributed by atoms with van der Waals surface area (Å²) in [4.78, 5) is 31.5. The lowest BCUT2D eigenvalue weighted by molar-refractivity contribution is 0.0993. The van der Waals surface area contributed by atoms with Gasteiger partial charge in [0.1, 0.15) is 5.82 Å². The van der Waals surface area contributed by atoms with Gasteiger partial charge in [0, 0.05) is 62.8 Å². The smallest absolute Gasteiger partial charge is 0.229 e. The second-order valence-electron chi connectivity index (χ2n) is 10.8. The average molecular weight is 593 g/mol. The second kappa shape index (κ2) is 12.3. The molecule has 1 N–H and O–H groups in total. The number of Topliss-reactive ketones (excluding diaryl/α,β-unsaturated/α-hetero) is 1. The molecule has 9 nitrogen and oxygen atoms in total. The number of benzene rings is 3. The van der Waals surface area contributed by atoms with Crippen LogP contribution in [0.3, 0.4) is 0 Å². The first-order chi connectivity index (χ1) is 20.8. The van der Waals surface area contributed by atoms with E-state index in [-0.39, 0.29) is 12.2 Å². The highest BCUT2D eigenvalue weighted by Crippen LogP contribution is 2.26. The molecule has 0 spiro atoms. The van der Waals surface area contributed by atoms with Gasteiger partial charge in [0.25, 0.3) is 0 Å². The van der Waals surface area contributed by atoms with Gasteiger partial charge in [-0.05, 0) is 52.6 Å². The van der Waals surface area contributed by atoms with Gasteiger partial charge in [-0.1, -0.05) is 48.5 Å². The van der Waals surface area contributed by atoms with Crippen LogP contribution >= 0.6 is 0 Å². The van der Waals surface area contributed by atoms with Crippen LogP contribution in [-0.4, -0.2) is 66.5 Å². The van der Waals surface area contributed by atoms with E-state index in [1.54, 1.807) is 30.5 Å². The van der Waals surface area contributed by atoms with Crippen molar-refractivity contribution in [1.29, 1.82) is 0 Å². The largest absolute Gasteiger partial charge is 0.353 e. The summed E-state index contributed by atoms with van der Waals surface area (Å²) < 4.78 is 25.5. The molecule has 218 valence electrons. The molecule has 1 fully saturated rings. The summed E-state index contributed by atoms with van der Waals surface area (Å²) in [6, 6.07) is 24.6. The van der Waals surface area contributed by atoms with E-state index < -0.39 is 10.0 Å². The minimum Gasteiger partial charge on any atom is -0.353 e. The van der Waals surface area contributed by atoms with Gasteiger partial charge in [0.15, 0.2) is 5.78 Å². The van der Waals surface area contributed by atoms with Crippen LogP contribution in [0.1, 0.15) is 21.5 Å². The Morgan fingerprint density at radius 3 is 2.37 bits per heavy atom. The Labute approximate surface area is 251 Å². The summed E-state index contributed by atoms with van der Waals surface area (Å²) >= 11 is 0. The Morgan fingerprint density at radius 2 is 1.63 bits per heavy atom. The summed E-state index contributed by atoms with van der Waals surface area (Å²) in [5.41, 5.74) is 6.66. The number of nitrogens with one attached hydrogen (secondary N) is 1. The molecule has 43 heavy (non-hydrogen) atoms. The SMILES string of the molecule is CS(=O)(=O)Nc1cccc(C(=O)Cc2ccc(-c3ccc4ncc(N5CCN(Cc6cccnc6)CC5)nc4c3)cc2)c1.